The first-order chi connectivity index (χ1) is 12.6. The standard InChI is InChI=1S/C20H37N5O2.HI/c1-9-20(10-2,23-18(26)27-19(3,4)5)15-22-17(21-6)25(8)14-16-12-11-13-24(16)7;/h11-13H,9-10,14-15H2,1-8H3,(H,21,22)(H,23,26);1H. The molecule has 1 heterocycles. The largest absolute Gasteiger partial charge is 0.444 e. The summed E-state index contributed by atoms with van der Waals surface area (Å²) in [5, 5.41) is 6.47. The van der Waals surface area contributed by atoms with Crippen molar-refractivity contribution in [3.63, 3.8) is 0 Å². The minimum Gasteiger partial charge on any atom is -0.444 e. The van der Waals surface area contributed by atoms with Crippen LogP contribution in [-0.2, 0) is 18.3 Å². The molecule has 0 bridgehead atoms. The fourth-order valence-electron chi connectivity index (χ4n) is 2.85. The summed E-state index contributed by atoms with van der Waals surface area (Å²) in [6, 6.07) is 4.12. The summed E-state index contributed by atoms with van der Waals surface area (Å²) in [4.78, 5) is 18.7. The molecule has 0 unspecified atom stereocenters. The highest BCUT2D eigenvalue weighted by Gasteiger charge is 2.31. The van der Waals surface area contributed by atoms with Gasteiger partial charge in [-0.2, -0.15) is 0 Å². The number of aliphatic imine (C=N–C) groups is 1. The first-order valence-corrected chi connectivity index (χ1v) is 9.59. The minimum atomic E-state index is -0.518. The van der Waals surface area contributed by atoms with E-state index in [2.05, 4.69) is 45.0 Å². The zero-order valence-corrected chi connectivity index (χ0v) is 21.0. The Morgan fingerprint density at radius 3 is 2.32 bits per heavy atom. The zero-order chi connectivity index (χ0) is 20.7. The average Bonchev–Trinajstić information content (AvgIpc) is 2.97. The number of carbonyl (C=O) groups is 1. The monoisotopic (exact) mass is 507 g/mol. The quantitative estimate of drug-likeness (QED) is 0.335. The van der Waals surface area contributed by atoms with Crippen molar-refractivity contribution in [1.29, 1.82) is 0 Å². The maximum Gasteiger partial charge on any atom is 0.408 e. The number of nitrogens with one attached hydrogen (secondary N) is 2. The summed E-state index contributed by atoms with van der Waals surface area (Å²) in [7, 11) is 5.80. The van der Waals surface area contributed by atoms with Gasteiger partial charge >= 0.3 is 6.09 Å². The Morgan fingerprint density at radius 2 is 1.89 bits per heavy atom. The molecule has 0 radical (unpaired) electrons. The van der Waals surface area contributed by atoms with Crippen molar-refractivity contribution in [3.8, 4) is 0 Å². The summed E-state index contributed by atoms with van der Waals surface area (Å²) >= 11 is 0. The van der Waals surface area contributed by atoms with Gasteiger partial charge in [0.25, 0.3) is 0 Å². The number of nitrogens with zero attached hydrogens (tertiary/aromatic N) is 3. The van der Waals surface area contributed by atoms with Crippen LogP contribution in [0.25, 0.3) is 0 Å². The summed E-state index contributed by atoms with van der Waals surface area (Å²) in [6.45, 7) is 11.1. The van der Waals surface area contributed by atoms with Crippen molar-refractivity contribution in [2.75, 3.05) is 20.6 Å². The lowest BCUT2D eigenvalue weighted by Crippen LogP contribution is -2.57. The van der Waals surface area contributed by atoms with Crippen LogP contribution >= 0.6 is 24.0 Å². The van der Waals surface area contributed by atoms with Gasteiger partial charge < -0.3 is 24.8 Å². The molecule has 1 rings (SSSR count). The molecule has 1 aromatic rings. The van der Waals surface area contributed by atoms with Gasteiger partial charge in [-0.15, -0.1) is 24.0 Å². The molecule has 0 saturated heterocycles. The Labute approximate surface area is 187 Å². The van der Waals surface area contributed by atoms with E-state index in [0.29, 0.717) is 6.54 Å². The molecule has 2 N–H and O–H groups in total. The SMILES string of the molecule is CCC(CC)(CNC(=NC)N(C)Cc1cccn1C)NC(=O)OC(C)(C)C.I. The molecule has 1 aromatic heterocycles. The van der Waals surface area contributed by atoms with Crippen molar-refractivity contribution < 1.29 is 9.53 Å². The van der Waals surface area contributed by atoms with Crippen molar-refractivity contribution in [3.05, 3.63) is 24.0 Å². The molecule has 0 aliphatic heterocycles. The lowest BCUT2D eigenvalue weighted by Gasteiger charge is -2.35. The zero-order valence-electron chi connectivity index (χ0n) is 18.6. The van der Waals surface area contributed by atoms with Crippen molar-refractivity contribution in [2.24, 2.45) is 12.0 Å². The lowest BCUT2D eigenvalue weighted by molar-refractivity contribution is 0.0448. The van der Waals surface area contributed by atoms with Gasteiger partial charge in [0.15, 0.2) is 5.96 Å². The van der Waals surface area contributed by atoms with E-state index in [0.717, 1.165) is 25.3 Å². The minimum absolute atomic E-state index is 0. The highest BCUT2D eigenvalue weighted by atomic mass is 127. The topological polar surface area (TPSA) is 70.9 Å². The number of rotatable bonds is 7. The van der Waals surface area contributed by atoms with E-state index in [1.807, 2.05) is 47.1 Å². The van der Waals surface area contributed by atoms with Crippen molar-refractivity contribution in [2.45, 2.75) is 65.1 Å². The van der Waals surface area contributed by atoms with Crippen LogP contribution < -0.4 is 10.6 Å². The number of carbonyl (C=O) groups excluding carboxylic acids is 1. The fraction of sp³-hybridized carbons (Fsp3) is 0.700. The van der Waals surface area contributed by atoms with E-state index in [1.165, 1.54) is 5.69 Å². The Bertz CT molecular complexity index is 633. The van der Waals surface area contributed by atoms with Crippen LogP contribution in [0.5, 0.6) is 0 Å². The number of aryl methyl sites for hydroxylation is 1. The third-order valence-corrected chi connectivity index (χ3v) is 4.73. The van der Waals surface area contributed by atoms with Crippen LogP contribution in [0.15, 0.2) is 23.3 Å². The third-order valence-electron chi connectivity index (χ3n) is 4.73. The molecule has 0 spiro atoms. The highest BCUT2D eigenvalue weighted by Crippen LogP contribution is 2.16. The van der Waals surface area contributed by atoms with Gasteiger partial charge in [-0.25, -0.2) is 4.79 Å². The summed E-state index contributed by atoms with van der Waals surface area (Å²) < 4.78 is 7.53. The summed E-state index contributed by atoms with van der Waals surface area (Å²) in [5.74, 6) is 0.786. The van der Waals surface area contributed by atoms with Crippen LogP contribution in [0.3, 0.4) is 0 Å². The Morgan fingerprint density at radius 1 is 1.29 bits per heavy atom. The second-order valence-corrected chi connectivity index (χ2v) is 7.98. The first kappa shape index (κ1) is 26.6. The third kappa shape index (κ3) is 8.28. The number of alkyl carbamates (subject to hydrolysis) is 1. The van der Waals surface area contributed by atoms with Gasteiger partial charge in [-0.1, -0.05) is 13.8 Å². The first-order valence-electron chi connectivity index (χ1n) is 9.59. The molecule has 1 amide bonds. The molecule has 0 aromatic carbocycles. The molecule has 0 aliphatic carbocycles. The number of hydrogen-bond donors (Lipinski definition) is 2. The molecule has 0 fully saturated rings. The van der Waals surface area contributed by atoms with Crippen LogP contribution in [0, 0.1) is 0 Å². The maximum absolute atomic E-state index is 12.3. The summed E-state index contributed by atoms with van der Waals surface area (Å²) in [6.07, 6.45) is 3.21. The van der Waals surface area contributed by atoms with E-state index >= 15 is 0 Å². The molecule has 0 saturated carbocycles. The van der Waals surface area contributed by atoms with E-state index in [1.54, 1.807) is 7.05 Å². The number of hydrogen-bond acceptors (Lipinski definition) is 3. The Kier molecular flexibility index (Phi) is 10.9. The van der Waals surface area contributed by atoms with E-state index < -0.39 is 11.1 Å². The molecule has 162 valence electrons. The van der Waals surface area contributed by atoms with Gasteiger partial charge in [0.05, 0.1) is 12.1 Å². The number of ether oxygens (including phenoxy) is 1. The van der Waals surface area contributed by atoms with Gasteiger partial charge in [0.1, 0.15) is 5.60 Å². The highest BCUT2D eigenvalue weighted by molar-refractivity contribution is 14.0. The van der Waals surface area contributed by atoms with Gasteiger partial charge in [0, 0.05) is 39.6 Å². The number of amides is 1. The number of aromatic nitrogens is 1. The van der Waals surface area contributed by atoms with E-state index in [9.17, 15) is 4.79 Å². The molecular formula is C20H38IN5O2. The van der Waals surface area contributed by atoms with E-state index in [-0.39, 0.29) is 30.1 Å². The van der Waals surface area contributed by atoms with Gasteiger partial charge in [0.2, 0.25) is 0 Å². The van der Waals surface area contributed by atoms with Gasteiger partial charge in [-0.3, -0.25) is 4.99 Å². The second kappa shape index (κ2) is 11.5. The van der Waals surface area contributed by atoms with Crippen LogP contribution in [0.4, 0.5) is 4.79 Å². The number of guanidine groups is 1. The molecule has 28 heavy (non-hydrogen) atoms. The normalized spacial score (nSPS) is 12.2. The van der Waals surface area contributed by atoms with Crippen molar-refractivity contribution in [1.82, 2.24) is 20.1 Å². The predicted molar refractivity (Wildman–Crippen MR) is 126 cm³/mol. The average molecular weight is 507 g/mol. The molecule has 0 aliphatic rings. The van der Waals surface area contributed by atoms with E-state index in [4.69, 9.17) is 4.74 Å². The Hall–Kier alpha value is -1.45. The van der Waals surface area contributed by atoms with Crippen LogP contribution in [0.2, 0.25) is 0 Å². The predicted octanol–water partition coefficient (Wildman–Crippen LogP) is 3.73. The molecule has 0 atom stereocenters. The van der Waals surface area contributed by atoms with Crippen LogP contribution in [-0.4, -0.2) is 53.3 Å². The Balaban J connectivity index is 0.00000729. The maximum atomic E-state index is 12.3. The second-order valence-electron chi connectivity index (χ2n) is 7.98. The number of halogens is 1. The summed E-state index contributed by atoms with van der Waals surface area (Å²) in [5.41, 5.74) is 0.282. The lowest BCUT2D eigenvalue weighted by atomic mass is 9.93. The molecule has 8 heteroatoms. The molecule has 7 nitrogen and oxygen atoms in total. The van der Waals surface area contributed by atoms with Crippen molar-refractivity contribution >= 4 is 36.0 Å². The van der Waals surface area contributed by atoms with Gasteiger partial charge in [-0.05, 0) is 45.7 Å². The fourth-order valence-corrected chi connectivity index (χ4v) is 2.85. The molecular weight excluding hydrogens is 469 g/mol. The van der Waals surface area contributed by atoms with Crippen LogP contribution in [0.1, 0.15) is 53.2 Å². The smallest absolute Gasteiger partial charge is 0.408 e.